The van der Waals surface area contributed by atoms with Gasteiger partial charge in [-0.2, -0.15) is 10.2 Å². The van der Waals surface area contributed by atoms with Crippen LogP contribution in [0, 0.1) is 0 Å². The first-order valence-electron chi connectivity index (χ1n) is 8.22. The molecule has 128 valence electrons. The van der Waals surface area contributed by atoms with E-state index in [4.69, 9.17) is 16.3 Å². The number of rotatable bonds is 4. The van der Waals surface area contributed by atoms with Crippen LogP contribution in [0.25, 0.3) is 21.7 Å². The third kappa shape index (κ3) is 3.11. The van der Waals surface area contributed by atoms with E-state index in [0.717, 1.165) is 38.7 Å². The number of pyridine rings is 1. The summed E-state index contributed by atoms with van der Waals surface area (Å²) in [6.07, 6.45) is 1.71. The predicted molar refractivity (Wildman–Crippen MR) is 105 cm³/mol. The molecule has 0 N–H and O–H groups in total. The highest BCUT2D eigenvalue weighted by atomic mass is 35.5. The second-order valence-corrected chi connectivity index (χ2v) is 6.30. The Kier molecular flexibility index (Phi) is 4.50. The van der Waals surface area contributed by atoms with Gasteiger partial charge in [-0.25, -0.2) is 0 Å². The van der Waals surface area contributed by atoms with E-state index in [2.05, 4.69) is 33.4 Å². The molecule has 0 amide bonds. The zero-order valence-corrected chi connectivity index (χ0v) is 14.9. The number of ether oxygens (including phenoxy) is 1. The highest BCUT2D eigenvalue weighted by molar-refractivity contribution is 6.31. The number of azo groups is 1. The van der Waals surface area contributed by atoms with Crippen LogP contribution in [0.3, 0.4) is 0 Å². The third-order valence-corrected chi connectivity index (χ3v) is 4.54. The number of benzene rings is 3. The molecule has 1 aromatic heterocycles. The fourth-order valence-electron chi connectivity index (χ4n) is 3.05. The Morgan fingerprint density at radius 1 is 1.00 bits per heavy atom. The summed E-state index contributed by atoms with van der Waals surface area (Å²) in [6.45, 7) is 0.432. The second kappa shape index (κ2) is 7.10. The quantitative estimate of drug-likeness (QED) is 0.398. The van der Waals surface area contributed by atoms with Crippen molar-refractivity contribution in [2.24, 2.45) is 10.2 Å². The molecule has 0 radical (unpaired) electrons. The Bertz CT molecular complexity index is 1120. The van der Waals surface area contributed by atoms with Crippen molar-refractivity contribution in [2.45, 2.75) is 6.54 Å². The summed E-state index contributed by atoms with van der Waals surface area (Å²) in [4.78, 5) is 4.33. The SMILES string of the molecule is COc1ccc2ccccc2c1CN=Nc1ccnc2cc(Cl)ccc12. The van der Waals surface area contributed by atoms with E-state index >= 15 is 0 Å². The normalized spacial score (nSPS) is 11.5. The van der Waals surface area contributed by atoms with Crippen molar-refractivity contribution < 1.29 is 4.74 Å². The van der Waals surface area contributed by atoms with E-state index in [1.54, 1.807) is 13.3 Å². The number of aromatic nitrogens is 1. The largest absolute Gasteiger partial charge is 0.496 e. The fourth-order valence-corrected chi connectivity index (χ4v) is 3.21. The van der Waals surface area contributed by atoms with Gasteiger partial charge in [-0.3, -0.25) is 4.98 Å². The van der Waals surface area contributed by atoms with Gasteiger partial charge in [0, 0.05) is 22.2 Å². The maximum atomic E-state index is 6.04. The topological polar surface area (TPSA) is 46.8 Å². The molecule has 3 aromatic carbocycles. The van der Waals surface area contributed by atoms with Gasteiger partial charge in [0.1, 0.15) is 5.75 Å². The van der Waals surface area contributed by atoms with E-state index in [9.17, 15) is 0 Å². The molecule has 0 aliphatic heterocycles. The summed E-state index contributed by atoms with van der Waals surface area (Å²) >= 11 is 6.04. The summed E-state index contributed by atoms with van der Waals surface area (Å²) in [5.41, 5.74) is 2.60. The van der Waals surface area contributed by atoms with Gasteiger partial charge in [0.05, 0.1) is 24.9 Å². The van der Waals surface area contributed by atoms with Gasteiger partial charge in [0.15, 0.2) is 0 Å². The Labute approximate surface area is 156 Å². The summed E-state index contributed by atoms with van der Waals surface area (Å²) in [6, 6.07) is 19.6. The maximum absolute atomic E-state index is 6.04. The molecule has 4 rings (SSSR count). The lowest BCUT2D eigenvalue weighted by Crippen LogP contribution is -1.92. The van der Waals surface area contributed by atoms with Crippen molar-refractivity contribution in [3.05, 3.63) is 77.4 Å². The van der Waals surface area contributed by atoms with E-state index in [-0.39, 0.29) is 0 Å². The number of nitrogens with zero attached hydrogens (tertiary/aromatic N) is 3. The molecule has 4 aromatic rings. The molecule has 0 aliphatic carbocycles. The van der Waals surface area contributed by atoms with E-state index in [0.29, 0.717) is 11.6 Å². The zero-order valence-electron chi connectivity index (χ0n) is 14.2. The second-order valence-electron chi connectivity index (χ2n) is 5.86. The third-order valence-electron chi connectivity index (χ3n) is 4.31. The standard InChI is InChI=1S/C21H16ClN3O/c1-26-21-9-6-14-4-2-3-5-16(14)18(21)13-24-25-19-10-11-23-20-12-15(22)7-8-17(19)20/h2-12H,13H2,1H3. The molecule has 0 spiro atoms. The average molecular weight is 362 g/mol. The van der Waals surface area contributed by atoms with Gasteiger partial charge in [-0.05, 0) is 41.1 Å². The molecular formula is C21H16ClN3O. The maximum Gasteiger partial charge on any atom is 0.124 e. The van der Waals surface area contributed by atoms with Crippen molar-refractivity contribution in [1.29, 1.82) is 0 Å². The van der Waals surface area contributed by atoms with Crippen LogP contribution in [-0.4, -0.2) is 12.1 Å². The Morgan fingerprint density at radius 2 is 1.88 bits per heavy atom. The highest BCUT2D eigenvalue weighted by Gasteiger charge is 2.08. The van der Waals surface area contributed by atoms with Crippen LogP contribution in [0.15, 0.2) is 77.1 Å². The predicted octanol–water partition coefficient (Wildman–Crippen LogP) is 6.33. The first-order chi connectivity index (χ1) is 12.8. The molecule has 0 atom stereocenters. The van der Waals surface area contributed by atoms with Crippen LogP contribution < -0.4 is 4.74 Å². The lowest BCUT2D eigenvalue weighted by molar-refractivity contribution is 0.410. The molecule has 0 bridgehead atoms. The van der Waals surface area contributed by atoms with Gasteiger partial charge in [0.25, 0.3) is 0 Å². The zero-order chi connectivity index (χ0) is 17.9. The number of hydrogen-bond acceptors (Lipinski definition) is 4. The molecule has 0 saturated heterocycles. The van der Waals surface area contributed by atoms with Gasteiger partial charge in [-0.15, -0.1) is 0 Å². The summed E-state index contributed by atoms with van der Waals surface area (Å²) in [5.74, 6) is 0.814. The van der Waals surface area contributed by atoms with Gasteiger partial charge >= 0.3 is 0 Å². The fraction of sp³-hybridized carbons (Fsp3) is 0.0952. The summed E-state index contributed by atoms with van der Waals surface area (Å²) < 4.78 is 5.51. The Balaban J connectivity index is 1.71. The first-order valence-corrected chi connectivity index (χ1v) is 8.60. The van der Waals surface area contributed by atoms with Gasteiger partial charge in [-0.1, -0.05) is 41.9 Å². The molecule has 0 aliphatic rings. The lowest BCUT2D eigenvalue weighted by atomic mass is 10.0. The molecule has 0 saturated carbocycles. The minimum Gasteiger partial charge on any atom is -0.496 e. The van der Waals surface area contributed by atoms with Crippen molar-refractivity contribution in [3.8, 4) is 5.75 Å². The van der Waals surface area contributed by atoms with E-state index < -0.39 is 0 Å². The number of methoxy groups -OCH3 is 1. The van der Waals surface area contributed by atoms with Crippen molar-refractivity contribution in [1.82, 2.24) is 4.98 Å². The van der Waals surface area contributed by atoms with Crippen LogP contribution >= 0.6 is 11.6 Å². The molecule has 0 unspecified atom stereocenters. The molecular weight excluding hydrogens is 346 g/mol. The van der Waals surface area contributed by atoms with E-state index in [1.165, 1.54) is 0 Å². The van der Waals surface area contributed by atoms with Crippen LogP contribution in [0.4, 0.5) is 5.69 Å². The summed E-state index contributed by atoms with van der Waals surface area (Å²) in [7, 11) is 1.67. The van der Waals surface area contributed by atoms with Crippen molar-refractivity contribution >= 4 is 39.0 Å². The number of hydrogen-bond donors (Lipinski definition) is 0. The highest BCUT2D eigenvalue weighted by Crippen LogP contribution is 2.30. The lowest BCUT2D eigenvalue weighted by Gasteiger charge is -2.09. The van der Waals surface area contributed by atoms with Crippen LogP contribution in [-0.2, 0) is 6.54 Å². The summed E-state index contributed by atoms with van der Waals surface area (Å²) in [5, 5.41) is 12.7. The molecule has 5 heteroatoms. The average Bonchev–Trinajstić information content (AvgIpc) is 2.68. The minimum absolute atomic E-state index is 0.432. The molecule has 1 heterocycles. The Morgan fingerprint density at radius 3 is 2.77 bits per heavy atom. The van der Waals surface area contributed by atoms with Crippen molar-refractivity contribution in [2.75, 3.05) is 7.11 Å². The minimum atomic E-state index is 0.432. The van der Waals surface area contributed by atoms with Crippen LogP contribution in [0.2, 0.25) is 5.02 Å². The van der Waals surface area contributed by atoms with Gasteiger partial charge < -0.3 is 4.74 Å². The van der Waals surface area contributed by atoms with Crippen LogP contribution in [0.1, 0.15) is 5.56 Å². The molecule has 0 fully saturated rings. The monoisotopic (exact) mass is 361 g/mol. The van der Waals surface area contributed by atoms with Crippen molar-refractivity contribution in [3.63, 3.8) is 0 Å². The Hall–Kier alpha value is -2.98. The van der Waals surface area contributed by atoms with Crippen LogP contribution in [0.5, 0.6) is 5.75 Å². The molecule has 26 heavy (non-hydrogen) atoms. The van der Waals surface area contributed by atoms with E-state index in [1.807, 2.05) is 42.5 Å². The van der Waals surface area contributed by atoms with Gasteiger partial charge in [0.2, 0.25) is 0 Å². The molecule has 4 nitrogen and oxygen atoms in total. The smallest absolute Gasteiger partial charge is 0.124 e. The number of halogens is 1. The first kappa shape index (κ1) is 16.5. The number of fused-ring (bicyclic) bond motifs is 2.